The molecule has 35 heavy (non-hydrogen) atoms. The normalized spacial score (nSPS) is 17.3. The van der Waals surface area contributed by atoms with Gasteiger partial charge in [0.05, 0.1) is 28.8 Å². The molecule has 2 aromatic rings. The molecule has 2 aliphatic rings. The Hall–Kier alpha value is -2.64. The van der Waals surface area contributed by atoms with Crippen LogP contribution in [0.4, 0.5) is 9.18 Å². The third-order valence-corrected chi connectivity index (χ3v) is 7.12. The minimum Gasteiger partial charge on any atom is -0.493 e. The van der Waals surface area contributed by atoms with E-state index < -0.39 is 11.1 Å². The summed E-state index contributed by atoms with van der Waals surface area (Å²) in [5, 5.41) is -0.491. The van der Waals surface area contributed by atoms with Gasteiger partial charge in [-0.3, -0.25) is 19.3 Å². The van der Waals surface area contributed by atoms with Crippen molar-refractivity contribution in [2.45, 2.75) is 6.61 Å². The van der Waals surface area contributed by atoms with Crippen molar-refractivity contribution in [2.24, 2.45) is 0 Å². The van der Waals surface area contributed by atoms with Gasteiger partial charge < -0.3 is 19.1 Å². The van der Waals surface area contributed by atoms with E-state index in [1.165, 1.54) is 13.2 Å². The highest BCUT2D eigenvalue weighted by Crippen LogP contribution is 2.37. The lowest BCUT2D eigenvalue weighted by Gasteiger charge is -2.28. The molecule has 2 aliphatic heterocycles. The quantitative estimate of drug-likeness (QED) is 0.347. The molecule has 0 radical (unpaired) electrons. The zero-order valence-electron chi connectivity index (χ0n) is 18.8. The molecular formula is C24H22FIN2O6S. The lowest BCUT2D eigenvalue weighted by atomic mass is 10.1. The first kappa shape index (κ1) is 25.5. The molecule has 4 rings (SSSR count). The molecule has 11 heteroatoms. The van der Waals surface area contributed by atoms with Crippen molar-refractivity contribution < 1.29 is 33.0 Å². The van der Waals surface area contributed by atoms with Gasteiger partial charge in [-0.15, -0.1) is 0 Å². The number of nitrogens with zero attached hydrogens (tertiary/aromatic N) is 2. The number of hydrogen-bond donors (Lipinski definition) is 0. The summed E-state index contributed by atoms with van der Waals surface area (Å²) < 4.78 is 31.1. The Kier molecular flexibility index (Phi) is 8.29. The Morgan fingerprint density at radius 2 is 1.97 bits per heavy atom. The maximum absolute atomic E-state index is 13.9. The van der Waals surface area contributed by atoms with E-state index in [2.05, 4.69) is 22.6 Å². The van der Waals surface area contributed by atoms with Gasteiger partial charge in [0.15, 0.2) is 11.5 Å². The highest BCUT2D eigenvalue weighted by Gasteiger charge is 2.37. The van der Waals surface area contributed by atoms with Gasteiger partial charge in [0.2, 0.25) is 5.91 Å². The van der Waals surface area contributed by atoms with Gasteiger partial charge in [0, 0.05) is 18.7 Å². The van der Waals surface area contributed by atoms with E-state index in [4.69, 9.17) is 14.2 Å². The molecule has 0 saturated carbocycles. The molecule has 2 saturated heterocycles. The number of methoxy groups -OCH3 is 1. The molecule has 184 valence electrons. The molecule has 2 fully saturated rings. The molecule has 0 spiro atoms. The molecule has 0 aromatic heterocycles. The van der Waals surface area contributed by atoms with Crippen molar-refractivity contribution in [3.8, 4) is 11.5 Å². The molecule has 0 atom stereocenters. The van der Waals surface area contributed by atoms with E-state index in [9.17, 15) is 18.8 Å². The zero-order valence-corrected chi connectivity index (χ0v) is 21.8. The second-order valence-corrected chi connectivity index (χ2v) is 9.83. The van der Waals surface area contributed by atoms with E-state index in [1.54, 1.807) is 41.3 Å². The predicted molar refractivity (Wildman–Crippen MR) is 137 cm³/mol. The molecule has 0 N–H and O–H groups in total. The van der Waals surface area contributed by atoms with Crippen LogP contribution in [0.15, 0.2) is 41.3 Å². The van der Waals surface area contributed by atoms with Crippen LogP contribution in [0.5, 0.6) is 11.5 Å². The largest absolute Gasteiger partial charge is 0.493 e. The monoisotopic (exact) mass is 612 g/mol. The SMILES string of the molecule is COc1cc(/C=C2\SC(=O)N(CC(=O)N3CCOCC3)C2=O)cc(I)c1OCc1ccccc1F. The summed E-state index contributed by atoms with van der Waals surface area (Å²) in [4.78, 5) is 40.6. The number of carbonyl (C=O) groups excluding carboxylic acids is 3. The number of morpholine rings is 1. The molecule has 0 unspecified atom stereocenters. The van der Waals surface area contributed by atoms with Crippen LogP contribution in [0.2, 0.25) is 0 Å². The first-order valence-electron chi connectivity index (χ1n) is 10.7. The number of ether oxygens (including phenoxy) is 3. The number of amides is 3. The number of benzene rings is 2. The molecule has 2 heterocycles. The third kappa shape index (κ3) is 5.96. The summed E-state index contributed by atoms with van der Waals surface area (Å²) in [6.45, 7) is 1.48. The molecular weight excluding hydrogens is 590 g/mol. The van der Waals surface area contributed by atoms with Crippen molar-refractivity contribution in [1.29, 1.82) is 0 Å². The lowest BCUT2D eigenvalue weighted by Crippen LogP contribution is -2.46. The maximum Gasteiger partial charge on any atom is 0.294 e. The molecule has 3 amide bonds. The van der Waals surface area contributed by atoms with Crippen LogP contribution in [0, 0.1) is 9.39 Å². The third-order valence-electron chi connectivity index (χ3n) is 5.41. The van der Waals surface area contributed by atoms with Crippen LogP contribution in [-0.4, -0.2) is 66.8 Å². The average Bonchev–Trinajstić information content (AvgIpc) is 3.11. The minimum atomic E-state index is -0.518. The highest BCUT2D eigenvalue weighted by atomic mass is 127. The predicted octanol–water partition coefficient (Wildman–Crippen LogP) is 3.91. The van der Waals surface area contributed by atoms with Gasteiger partial charge in [0.1, 0.15) is 19.0 Å². The van der Waals surface area contributed by atoms with Crippen molar-refractivity contribution in [3.63, 3.8) is 0 Å². The Morgan fingerprint density at radius 1 is 1.23 bits per heavy atom. The van der Waals surface area contributed by atoms with Crippen molar-refractivity contribution >= 4 is 57.5 Å². The van der Waals surface area contributed by atoms with Crippen LogP contribution in [-0.2, 0) is 20.9 Å². The fourth-order valence-corrected chi connectivity index (χ4v) is 5.18. The zero-order chi connectivity index (χ0) is 24.9. The van der Waals surface area contributed by atoms with Crippen LogP contribution in [0.1, 0.15) is 11.1 Å². The fraction of sp³-hybridized carbons (Fsp3) is 0.292. The number of hydrogen-bond acceptors (Lipinski definition) is 7. The van der Waals surface area contributed by atoms with Crippen LogP contribution < -0.4 is 9.47 Å². The minimum absolute atomic E-state index is 0.0223. The average molecular weight is 612 g/mol. The van der Waals surface area contributed by atoms with Gasteiger partial charge in [-0.1, -0.05) is 18.2 Å². The van der Waals surface area contributed by atoms with Gasteiger partial charge in [-0.2, -0.15) is 0 Å². The summed E-state index contributed by atoms with van der Waals surface area (Å²) in [6.07, 6.45) is 1.58. The second-order valence-electron chi connectivity index (χ2n) is 7.68. The van der Waals surface area contributed by atoms with E-state index in [0.29, 0.717) is 52.5 Å². The van der Waals surface area contributed by atoms with Crippen LogP contribution in [0.3, 0.4) is 0 Å². The molecule has 2 aromatic carbocycles. The van der Waals surface area contributed by atoms with E-state index >= 15 is 0 Å². The first-order valence-corrected chi connectivity index (χ1v) is 12.6. The Bertz CT molecular complexity index is 1180. The number of thioether (sulfide) groups is 1. The van der Waals surface area contributed by atoms with Crippen molar-refractivity contribution in [1.82, 2.24) is 9.80 Å². The van der Waals surface area contributed by atoms with Gasteiger partial charge in [0.25, 0.3) is 11.1 Å². The maximum atomic E-state index is 13.9. The summed E-state index contributed by atoms with van der Waals surface area (Å²) in [5.74, 6) is -0.320. The number of halogens is 2. The Labute approximate surface area is 219 Å². The van der Waals surface area contributed by atoms with Crippen LogP contribution in [0.25, 0.3) is 6.08 Å². The Balaban J connectivity index is 1.49. The van der Waals surface area contributed by atoms with Crippen LogP contribution >= 0.6 is 34.4 Å². The van der Waals surface area contributed by atoms with E-state index in [1.807, 2.05) is 0 Å². The van der Waals surface area contributed by atoms with Gasteiger partial charge in [-0.25, -0.2) is 4.39 Å². The van der Waals surface area contributed by atoms with Gasteiger partial charge in [-0.05, 0) is 64.2 Å². The fourth-order valence-electron chi connectivity index (χ4n) is 3.56. The number of carbonyl (C=O) groups is 3. The standard InChI is InChI=1S/C24H22FIN2O6S/c1-32-19-11-15(10-18(26)22(19)34-14-16-4-2-3-5-17(16)25)12-20-23(30)28(24(31)35-20)13-21(29)27-6-8-33-9-7-27/h2-5,10-12H,6-9,13-14H2,1H3/b20-12-. The van der Waals surface area contributed by atoms with E-state index in [-0.39, 0.29) is 29.8 Å². The molecule has 0 bridgehead atoms. The summed E-state index contributed by atoms with van der Waals surface area (Å²) in [6, 6.07) is 9.79. The van der Waals surface area contributed by atoms with Crippen molar-refractivity contribution in [2.75, 3.05) is 40.0 Å². The highest BCUT2D eigenvalue weighted by molar-refractivity contribution is 14.1. The number of rotatable bonds is 7. The topological polar surface area (TPSA) is 85.4 Å². The summed E-state index contributed by atoms with van der Waals surface area (Å²) in [5.41, 5.74) is 1.03. The van der Waals surface area contributed by atoms with Crippen molar-refractivity contribution in [3.05, 3.63) is 61.8 Å². The lowest BCUT2D eigenvalue weighted by molar-refractivity contribution is -0.139. The van der Waals surface area contributed by atoms with E-state index in [0.717, 1.165) is 16.7 Å². The molecule has 0 aliphatic carbocycles. The second kappa shape index (κ2) is 11.4. The summed E-state index contributed by atoms with van der Waals surface area (Å²) in [7, 11) is 1.48. The van der Waals surface area contributed by atoms with Gasteiger partial charge >= 0.3 is 0 Å². The Morgan fingerprint density at radius 3 is 2.69 bits per heavy atom. The number of imide groups is 1. The smallest absolute Gasteiger partial charge is 0.294 e. The molecule has 8 nitrogen and oxygen atoms in total. The summed E-state index contributed by atoms with van der Waals surface area (Å²) >= 11 is 2.85. The first-order chi connectivity index (χ1) is 16.9.